The zero-order valence-electron chi connectivity index (χ0n) is 9.91. The largest absolute Gasteiger partial charge is 0.326 e. The van der Waals surface area contributed by atoms with Crippen molar-refractivity contribution in [2.24, 2.45) is 5.92 Å². The van der Waals surface area contributed by atoms with Crippen LogP contribution >= 0.6 is 0 Å². The van der Waals surface area contributed by atoms with Gasteiger partial charge in [-0.2, -0.15) is 0 Å². The van der Waals surface area contributed by atoms with Gasteiger partial charge in [-0.1, -0.05) is 32.1 Å². The summed E-state index contributed by atoms with van der Waals surface area (Å²) in [5.41, 5.74) is 0. The molecular formula is C12H22N2O. The second-order valence-corrected chi connectivity index (χ2v) is 5.17. The van der Waals surface area contributed by atoms with Gasteiger partial charge in [0.1, 0.15) is 0 Å². The summed E-state index contributed by atoms with van der Waals surface area (Å²) in [5, 5.41) is 0. The molecule has 0 N–H and O–H groups in total. The van der Waals surface area contributed by atoms with Crippen LogP contribution in [0.25, 0.3) is 0 Å². The zero-order valence-corrected chi connectivity index (χ0v) is 9.91. The number of carbonyl (C=O) groups excluding carboxylic acids is 1. The Morgan fingerprint density at radius 1 is 1.20 bits per heavy atom. The monoisotopic (exact) mass is 210 g/mol. The third-order valence-electron chi connectivity index (χ3n) is 3.99. The van der Waals surface area contributed by atoms with Gasteiger partial charge in [-0.3, -0.25) is 0 Å². The molecule has 0 aromatic rings. The van der Waals surface area contributed by atoms with Crippen molar-refractivity contribution in [1.29, 1.82) is 0 Å². The summed E-state index contributed by atoms with van der Waals surface area (Å²) in [6, 6.07) is 0.654. The van der Waals surface area contributed by atoms with Crippen LogP contribution in [0.4, 0.5) is 4.79 Å². The van der Waals surface area contributed by atoms with Crippen LogP contribution in [0.5, 0.6) is 0 Å². The maximum absolute atomic E-state index is 11.6. The van der Waals surface area contributed by atoms with Crippen LogP contribution in [-0.2, 0) is 0 Å². The molecule has 3 nitrogen and oxygen atoms in total. The Morgan fingerprint density at radius 3 is 2.40 bits per heavy atom. The van der Waals surface area contributed by atoms with Gasteiger partial charge in [0, 0.05) is 20.6 Å². The van der Waals surface area contributed by atoms with Crippen LogP contribution < -0.4 is 0 Å². The molecule has 0 aromatic heterocycles. The van der Waals surface area contributed by atoms with Crippen molar-refractivity contribution in [1.82, 2.24) is 9.80 Å². The number of carbonyl (C=O) groups is 1. The highest BCUT2D eigenvalue weighted by Crippen LogP contribution is 2.30. The molecule has 2 fully saturated rings. The molecular weight excluding hydrogens is 188 g/mol. The molecule has 2 rings (SSSR count). The first-order valence-electron chi connectivity index (χ1n) is 6.16. The van der Waals surface area contributed by atoms with Crippen molar-refractivity contribution in [2.45, 2.75) is 44.6 Å². The van der Waals surface area contributed by atoms with Gasteiger partial charge in [-0.05, 0) is 12.3 Å². The van der Waals surface area contributed by atoms with Crippen LogP contribution in [0.1, 0.15) is 38.5 Å². The number of nitrogens with zero attached hydrogens (tertiary/aromatic N) is 2. The summed E-state index contributed by atoms with van der Waals surface area (Å²) in [6.07, 6.45) is 8.17. The van der Waals surface area contributed by atoms with E-state index in [2.05, 4.69) is 0 Å². The number of hydrogen-bond acceptors (Lipinski definition) is 1. The molecule has 15 heavy (non-hydrogen) atoms. The van der Waals surface area contributed by atoms with Crippen LogP contribution in [0.3, 0.4) is 0 Å². The molecule has 1 atom stereocenters. The van der Waals surface area contributed by atoms with E-state index in [0.717, 1.165) is 12.5 Å². The second-order valence-electron chi connectivity index (χ2n) is 5.17. The first-order valence-corrected chi connectivity index (χ1v) is 6.16. The molecule has 1 unspecified atom stereocenters. The van der Waals surface area contributed by atoms with Crippen LogP contribution in [0.15, 0.2) is 0 Å². The van der Waals surface area contributed by atoms with Crippen LogP contribution in [0.2, 0.25) is 0 Å². The lowest BCUT2D eigenvalue weighted by atomic mass is 9.85. The fourth-order valence-electron chi connectivity index (χ4n) is 2.98. The predicted molar refractivity (Wildman–Crippen MR) is 60.8 cm³/mol. The molecule has 3 heteroatoms. The lowest BCUT2D eigenvalue weighted by molar-refractivity contribution is 0.195. The van der Waals surface area contributed by atoms with Crippen LogP contribution in [0, 0.1) is 5.92 Å². The highest BCUT2D eigenvalue weighted by atomic mass is 16.2. The topological polar surface area (TPSA) is 23.6 Å². The van der Waals surface area contributed by atoms with Gasteiger partial charge in [-0.15, -0.1) is 0 Å². The van der Waals surface area contributed by atoms with E-state index < -0.39 is 0 Å². The molecule has 0 radical (unpaired) electrons. The molecule has 1 aliphatic heterocycles. The quantitative estimate of drug-likeness (QED) is 0.686. The van der Waals surface area contributed by atoms with Gasteiger partial charge in [0.25, 0.3) is 0 Å². The van der Waals surface area contributed by atoms with E-state index in [0.29, 0.717) is 6.04 Å². The summed E-state index contributed by atoms with van der Waals surface area (Å²) in [4.78, 5) is 15.4. The van der Waals surface area contributed by atoms with E-state index in [9.17, 15) is 4.79 Å². The van der Waals surface area contributed by atoms with Crippen molar-refractivity contribution < 1.29 is 4.79 Å². The number of likely N-dealkylation sites (N-methyl/N-ethyl adjacent to an activating group) is 2. The smallest absolute Gasteiger partial charge is 0.319 e. The van der Waals surface area contributed by atoms with Crippen molar-refractivity contribution in [3.8, 4) is 0 Å². The lowest BCUT2D eigenvalue weighted by Gasteiger charge is -2.26. The Labute approximate surface area is 92.4 Å². The summed E-state index contributed by atoms with van der Waals surface area (Å²) in [7, 11) is 3.85. The molecule has 1 aliphatic carbocycles. The third kappa shape index (κ3) is 2.27. The molecule has 1 heterocycles. The Hall–Kier alpha value is -0.730. The van der Waals surface area contributed by atoms with Gasteiger partial charge < -0.3 is 9.80 Å². The zero-order chi connectivity index (χ0) is 10.8. The van der Waals surface area contributed by atoms with Gasteiger partial charge >= 0.3 is 6.03 Å². The molecule has 0 bridgehead atoms. The molecule has 2 amide bonds. The van der Waals surface area contributed by atoms with Crippen molar-refractivity contribution in [2.75, 3.05) is 20.6 Å². The number of amides is 2. The number of hydrogen-bond donors (Lipinski definition) is 0. The Balaban J connectivity index is 1.86. The van der Waals surface area contributed by atoms with Crippen molar-refractivity contribution in [3.63, 3.8) is 0 Å². The molecule has 2 aliphatic rings. The average molecular weight is 210 g/mol. The van der Waals surface area contributed by atoms with E-state index >= 15 is 0 Å². The van der Waals surface area contributed by atoms with Crippen molar-refractivity contribution in [3.05, 3.63) is 0 Å². The Kier molecular flexibility index (Phi) is 3.17. The third-order valence-corrected chi connectivity index (χ3v) is 3.99. The maximum atomic E-state index is 11.6. The van der Waals surface area contributed by atoms with E-state index in [4.69, 9.17) is 0 Å². The molecule has 1 saturated heterocycles. The number of rotatable bonds is 2. The summed E-state index contributed by atoms with van der Waals surface area (Å²) in [5.74, 6) is 0.866. The Bertz CT molecular complexity index is 236. The normalized spacial score (nSPS) is 28.9. The SMILES string of the molecule is CN1CC(CC2CCCCC2)N(C)C1=O. The predicted octanol–water partition coefficient (Wildman–Crippen LogP) is 2.32. The maximum Gasteiger partial charge on any atom is 0.319 e. The van der Waals surface area contributed by atoms with E-state index in [1.807, 2.05) is 23.9 Å². The van der Waals surface area contributed by atoms with E-state index in [1.165, 1.54) is 38.5 Å². The summed E-state index contributed by atoms with van der Waals surface area (Å²) in [6.45, 7) is 0.922. The number of urea groups is 1. The summed E-state index contributed by atoms with van der Waals surface area (Å²) < 4.78 is 0. The van der Waals surface area contributed by atoms with Gasteiger partial charge in [-0.25, -0.2) is 4.79 Å². The standard InChI is InChI=1S/C12H22N2O/c1-13-9-11(14(2)12(13)15)8-10-6-4-3-5-7-10/h10-11H,3-9H2,1-2H3. The minimum absolute atomic E-state index is 0.191. The highest BCUT2D eigenvalue weighted by molar-refractivity contribution is 5.76. The molecule has 0 aromatic carbocycles. The van der Waals surface area contributed by atoms with Crippen molar-refractivity contribution >= 4 is 6.03 Å². The van der Waals surface area contributed by atoms with Gasteiger partial charge in [0.15, 0.2) is 0 Å². The lowest BCUT2D eigenvalue weighted by Crippen LogP contribution is -2.32. The van der Waals surface area contributed by atoms with Gasteiger partial charge in [0.2, 0.25) is 0 Å². The first-order chi connectivity index (χ1) is 7.18. The first kappa shape index (κ1) is 10.8. The fourth-order valence-corrected chi connectivity index (χ4v) is 2.98. The molecule has 0 spiro atoms. The van der Waals surface area contributed by atoms with E-state index in [1.54, 1.807) is 0 Å². The molecule has 86 valence electrons. The van der Waals surface area contributed by atoms with E-state index in [-0.39, 0.29) is 6.03 Å². The molecule has 1 saturated carbocycles. The minimum Gasteiger partial charge on any atom is -0.326 e. The average Bonchev–Trinajstić information content (AvgIpc) is 2.48. The summed E-state index contributed by atoms with van der Waals surface area (Å²) >= 11 is 0. The second kappa shape index (κ2) is 4.42. The van der Waals surface area contributed by atoms with Crippen LogP contribution in [-0.4, -0.2) is 42.5 Å². The Morgan fingerprint density at radius 2 is 1.87 bits per heavy atom. The minimum atomic E-state index is 0.191. The van der Waals surface area contributed by atoms with Gasteiger partial charge in [0.05, 0.1) is 6.04 Å². The fraction of sp³-hybridized carbons (Fsp3) is 0.917. The highest BCUT2D eigenvalue weighted by Gasteiger charge is 2.33.